The molecule has 0 saturated carbocycles. The van der Waals surface area contributed by atoms with E-state index >= 15 is 0 Å². The van der Waals surface area contributed by atoms with Gasteiger partial charge in [0.15, 0.2) is 6.10 Å². The molecule has 1 heterocycles. The van der Waals surface area contributed by atoms with E-state index in [2.05, 4.69) is 28.4 Å². The number of nitrogens with zero attached hydrogens (tertiary/aromatic N) is 1. The molecule has 1 atom stereocenters. The first-order valence-electron chi connectivity index (χ1n) is 9.51. The number of ether oxygens (including phenoxy) is 1. The summed E-state index contributed by atoms with van der Waals surface area (Å²) in [5.41, 5.74) is 2.48. The van der Waals surface area contributed by atoms with E-state index in [1.54, 1.807) is 6.92 Å². The second-order valence-corrected chi connectivity index (χ2v) is 6.90. The maximum atomic E-state index is 12.4. The van der Waals surface area contributed by atoms with Crippen molar-refractivity contribution < 1.29 is 9.53 Å². The summed E-state index contributed by atoms with van der Waals surface area (Å²) in [6.45, 7) is 5.61. The molecule has 26 heavy (non-hydrogen) atoms. The summed E-state index contributed by atoms with van der Waals surface area (Å²) in [6, 6.07) is 17.8. The number of benzene rings is 2. The van der Waals surface area contributed by atoms with Crippen molar-refractivity contribution in [1.82, 2.24) is 10.2 Å². The van der Waals surface area contributed by atoms with Crippen LogP contribution >= 0.6 is 0 Å². The monoisotopic (exact) mass is 352 g/mol. The number of rotatable bonds is 7. The predicted molar refractivity (Wildman–Crippen MR) is 104 cm³/mol. The van der Waals surface area contributed by atoms with E-state index in [9.17, 15) is 4.79 Å². The van der Waals surface area contributed by atoms with Crippen molar-refractivity contribution in [3.8, 4) is 5.75 Å². The van der Waals surface area contributed by atoms with Gasteiger partial charge < -0.3 is 10.1 Å². The van der Waals surface area contributed by atoms with E-state index in [4.69, 9.17) is 4.74 Å². The van der Waals surface area contributed by atoms with E-state index in [0.29, 0.717) is 12.3 Å². The number of para-hydroxylation sites is 1. The van der Waals surface area contributed by atoms with Gasteiger partial charge in [-0.05, 0) is 56.1 Å². The Bertz CT molecular complexity index is 696. The van der Waals surface area contributed by atoms with E-state index in [-0.39, 0.29) is 5.91 Å². The van der Waals surface area contributed by atoms with Gasteiger partial charge in [-0.25, -0.2) is 0 Å². The predicted octanol–water partition coefficient (Wildman–Crippen LogP) is 3.76. The van der Waals surface area contributed by atoms with Crippen molar-refractivity contribution in [2.75, 3.05) is 13.1 Å². The first-order valence-corrected chi connectivity index (χ1v) is 9.51. The molecule has 0 radical (unpaired) electrons. The molecule has 0 spiro atoms. The summed E-state index contributed by atoms with van der Waals surface area (Å²) in [5, 5.41) is 3.01. The maximum Gasteiger partial charge on any atom is 0.261 e. The van der Waals surface area contributed by atoms with Gasteiger partial charge in [-0.3, -0.25) is 9.69 Å². The molecule has 4 nitrogen and oxygen atoms in total. The van der Waals surface area contributed by atoms with Crippen LogP contribution in [0.5, 0.6) is 5.75 Å². The highest BCUT2D eigenvalue weighted by Gasteiger charge is 2.16. The number of carbonyl (C=O) groups excluding carboxylic acids is 1. The van der Waals surface area contributed by atoms with Gasteiger partial charge in [0.25, 0.3) is 5.91 Å². The van der Waals surface area contributed by atoms with Crippen LogP contribution in [0, 0.1) is 0 Å². The molecule has 0 aromatic heterocycles. The highest BCUT2D eigenvalue weighted by atomic mass is 16.5. The van der Waals surface area contributed by atoms with Crippen molar-refractivity contribution in [2.45, 2.75) is 45.4 Å². The smallest absolute Gasteiger partial charge is 0.261 e. The molecule has 1 aliphatic rings. The van der Waals surface area contributed by atoms with Gasteiger partial charge in [0.2, 0.25) is 0 Å². The van der Waals surface area contributed by atoms with Gasteiger partial charge >= 0.3 is 0 Å². The van der Waals surface area contributed by atoms with Gasteiger partial charge in [-0.1, -0.05) is 48.9 Å². The van der Waals surface area contributed by atoms with Crippen molar-refractivity contribution in [1.29, 1.82) is 0 Å². The summed E-state index contributed by atoms with van der Waals surface area (Å²) in [7, 11) is 0. The lowest BCUT2D eigenvalue weighted by atomic mass is 10.0. The molecule has 138 valence electrons. The molecule has 1 saturated heterocycles. The van der Waals surface area contributed by atoms with Crippen LogP contribution < -0.4 is 10.1 Å². The number of amides is 1. The van der Waals surface area contributed by atoms with Crippen molar-refractivity contribution in [2.24, 2.45) is 0 Å². The number of carbonyl (C=O) groups is 1. The Morgan fingerprint density at radius 3 is 2.38 bits per heavy atom. The zero-order valence-electron chi connectivity index (χ0n) is 15.5. The Labute approximate surface area is 156 Å². The molecular formula is C22H28N2O2. The third-order valence-electron chi connectivity index (χ3n) is 4.84. The Morgan fingerprint density at radius 2 is 1.65 bits per heavy atom. The number of likely N-dealkylation sites (tertiary alicyclic amines) is 1. The first-order chi connectivity index (χ1) is 12.7. The molecule has 3 rings (SSSR count). The topological polar surface area (TPSA) is 41.6 Å². The fourth-order valence-electron chi connectivity index (χ4n) is 3.33. The van der Waals surface area contributed by atoms with Crippen LogP contribution in [0.25, 0.3) is 0 Å². The minimum absolute atomic E-state index is 0.0957. The van der Waals surface area contributed by atoms with Crippen LogP contribution in [0.2, 0.25) is 0 Å². The van der Waals surface area contributed by atoms with Gasteiger partial charge in [0, 0.05) is 13.1 Å². The van der Waals surface area contributed by atoms with Crippen molar-refractivity contribution in [3.63, 3.8) is 0 Å². The Hall–Kier alpha value is -2.33. The largest absolute Gasteiger partial charge is 0.481 e. The van der Waals surface area contributed by atoms with Gasteiger partial charge in [-0.2, -0.15) is 0 Å². The third kappa shape index (κ3) is 5.33. The van der Waals surface area contributed by atoms with Crippen molar-refractivity contribution in [3.05, 3.63) is 65.7 Å². The Morgan fingerprint density at radius 1 is 1.00 bits per heavy atom. The number of piperidine rings is 1. The average Bonchev–Trinajstić information content (AvgIpc) is 2.68. The number of hydrogen-bond acceptors (Lipinski definition) is 3. The standard InChI is InChI=1S/C22H28N2O2/c1-18(26-21-12-4-2-5-13-21)22(25)23-16-19-10-6-7-11-20(19)17-24-14-8-3-9-15-24/h2,4-7,10-13,18H,3,8-9,14-17H2,1H3,(H,23,25)/t18-/m1/s1. The fourth-order valence-corrected chi connectivity index (χ4v) is 3.33. The highest BCUT2D eigenvalue weighted by molar-refractivity contribution is 5.80. The molecule has 1 amide bonds. The van der Waals surface area contributed by atoms with Crippen LogP contribution in [0.15, 0.2) is 54.6 Å². The summed E-state index contributed by atoms with van der Waals surface area (Å²) in [5.74, 6) is 0.613. The van der Waals surface area contributed by atoms with E-state index in [1.807, 2.05) is 36.4 Å². The van der Waals surface area contributed by atoms with Crippen LogP contribution in [-0.4, -0.2) is 30.0 Å². The number of hydrogen-bond donors (Lipinski definition) is 1. The Balaban J connectivity index is 1.54. The van der Waals surface area contributed by atoms with Crippen LogP contribution in [0.3, 0.4) is 0 Å². The van der Waals surface area contributed by atoms with Gasteiger partial charge in [-0.15, -0.1) is 0 Å². The van der Waals surface area contributed by atoms with E-state index in [0.717, 1.165) is 6.54 Å². The van der Waals surface area contributed by atoms with E-state index < -0.39 is 6.10 Å². The summed E-state index contributed by atoms with van der Waals surface area (Å²) in [6.07, 6.45) is 3.39. The molecule has 0 aliphatic carbocycles. The normalized spacial score (nSPS) is 16.0. The molecule has 1 N–H and O–H groups in total. The molecule has 1 aliphatic heterocycles. The highest BCUT2D eigenvalue weighted by Crippen LogP contribution is 2.16. The lowest BCUT2D eigenvalue weighted by molar-refractivity contribution is -0.127. The lowest BCUT2D eigenvalue weighted by Crippen LogP contribution is -2.36. The summed E-state index contributed by atoms with van der Waals surface area (Å²) < 4.78 is 5.70. The molecule has 1 fully saturated rings. The van der Waals surface area contributed by atoms with Gasteiger partial charge in [0.1, 0.15) is 5.75 Å². The SMILES string of the molecule is C[C@@H](Oc1ccccc1)C(=O)NCc1ccccc1CN1CCCCC1. The molecular weight excluding hydrogens is 324 g/mol. The van der Waals surface area contributed by atoms with Crippen LogP contribution in [0.4, 0.5) is 0 Å². The summed E-state index contributed by atoms with van der Waals surface area (Å²) >= 11 is 0. The van der Waals surface area contributed by atoms with E-state index in [1.165, 1.54) is 43.5 Å². The second kappa shape index (κ2) is 9.39. The van der Waals surface area contributed by atoms with Crippen LogP contribution in [-0.2, 0) is 17.9 Å². The number of nitrogens with one attached hydrogen (secondary N) is 1. The van der Waals surface area contributed by atoms with Gasteiger partial charge in [0.05, 0.1) is 0 Å². The summed E-state index contributed by atoms with van der Waals surface area (Å²) in [4.78, 5) is 14.9. The average molecular weight is 352 g/mol. The molecule has 0 unspecified atom stereocenters. The fraction of sp³-hybridized carbons (Fsp3) is 0.409. The maximum absolute atomic E-state index is 12.4. The van der Waals surface area contributed by atoms with Crippen LogP contribution in [0.1, 0.15) is 37.3 Å². The molecule has 4 heteroatoms. The first kappa shape index (κ1) is 18.5. The molecule has 2 aromatic rings. The zero-order valence-corrected chi connectivity index (χ0v) is 15.5. The third-order valence-corrected chi connectivity index (χ3v) is 4.84. The minimum atomic E-state index is -0.522. The molecule has 0 bridgehead atoms. The van der Waals surface area contributed by atoms with Crippen molar-refractivity contribution >= 4 is 5.91 Å². The quantitative estimate of drug-likeness (QED) is 0.825. The molecule has 2 aromatic carbocycles. The lowest BCUT2D eigenvalue weighted by Gasteiger charge is -2.27. The second-order valence-electron chi connectivity index (χ2n) is 6.90. The Kier molecular flexibility index (Phi) is 6.67. The zero-order chi connectivity index (χ0) is 18.2. The minimum Gasteiger partial charge on any atom is -0.481 e.